The molecule has 1 N–H and O–H groups in total. The molecule has 3 rings (SSSR count). The molecule has 8 heteroatoms. The molecule has 136 valence electrons. The summed E-state index contributed by atoms with van der Waals surface area (Å²) in [5.74, 6) is 0.705. The van der Waals surface area contributed by atoms with Crippen LogP contribution in [0.3, 0.4) is 0 Å². The van der Waals surface area contributed by atoms with Gasteiger partial charge in [0, 0.05) is 36.8 Å². The number of anilines is 2. The van der Waals surface area contributed by atoms with Crippen LogP contribution >= 0.6 is 0 Å². The van der Waals surface area contributed by atoms with E-state index in [2.05, 4.69) is 20.4 Å². The van der Waals surface area contributed by atoms with Crippen LogP contribution in [0.15, 0.2) is 30.3 Å². The van der Waals surface area contributed by atoms with E-state index < -0.39 is 4.92 Å². The first-order valence-corrected chi connectivity index (χ1v) is 8.55. The molecule has 8 nitrogen and oxygen atoms in total. The topological polar surface area (TPSA) is 101 Å². The highest BCUT2D eigenvalue weighted by Gasteiger charge is 2.26. The smallest absolute Gasteiger partial charge is 0.269 e. The van der Waals surface area contributed by atoms with E-state index in [0.29, 0.717) is 11.3 Å². The van der Waals surface area contributed by atoms with Gasteiger partial charge in [-0.25, -0.2) is 0 Å². The number of hydrogen-bond acceptors (Lipinski definition) is 6. The van der Waals surface area contributed by atoms with Crippen molar-refractivity contribution in [2.24, 2.45) is 5.92 Å². The second-order valence-electron chi connectivity index (χ2n) is 6.54. The largest absolute Gasteiger partial charge is 0.355 e. The zero-order valence-corrected chi connectivity index (χ0v) is 14.8. The number of carbonyl (C=O) groups excluding carboxylic acids is 1. The Morgan fingerprint density at radius 3 is 2.50 bits per heavy atom. The molecule has 0 radical (unpaired) electrons. The molecule has 0 spiro atoms. The summed E-state index contributed by atoms with van der Waals surface area (Å²) in [7, 11) is 0. The van der Waals surface area contributed by atoms with Crippen LogP contribution < -0.4 is 10.2 Å². The van der Waals surface area contributed by atoms with Crippen LogP contribution in [-0.2, 0) is 4.79 Å². The van der Waals surface area contributed by atoms with Crippen molar-refractivity contribution in [1.82, 2.24) is 10.2 Å². The highest BCUT2D eigenvalue weighted by atomic mass is 16.6. The first-order valence-electron chi connectivity index (χ1n) is 8.55. The number of benzene rings is 1. The normalized spacial score (nSPS) is 14.9. The molecule has 0 aliphatic carbocycles. The van der Waals surface area contributed by atoms with Crippen molar-refractivity contribution in [2.75, 3.05) is 23.3 Å². The minimum absolute atomic E-state index is 0.0213. The molecule has 1 fully saturated rings. The van der Waals surface area contributed by atoms with Crippen LogP contribution in [0.25, 0.3) is 0 Å². The number of piperidine rings is 1. The predicted octanol–water partition coefficient (Wildman–Crippen LogP) is 2.86. The Labute approximate surface area is 151 Å². The third-order valence-electron chi connectivity index (χ3n) is 4.65. The second kappa shape index (κ2) is 7.47. The molecule has 0 saturated carbocycles. The molecule has 0 bridgehead atoms. The fourth-order valence-corrected chi connectivity index (χ4v) is 3.07. The number of amides is 1. The highest BCUT2D eigenvalue weighted by Crippen LogP contribution is 2.25. The Balaban J connectivity index is 1.58. The molecule has 26 heavy (non-hydrogen) atoms. The van der Waals surface area contributed by atoms with Crippen LogP contribution in [-0.4, -0.2) is 34.1 Å². The molecular weight excluding hydrogens is 334 g/mol. The van der Waals surface area contributed by atoms with Gasteiger partial charge in [-0.05, 0) is 50.5 Å². The first kappa shape index (κ1) is 17.8. The number of hydrogen-bond donors (Lipinski definition) is 1. The number of nitro benzene ring substituents is 1. The number of nitro groups is 1. The third kappa shape index (κ3) is 3.96. The van der Waals surface area contributed by atoms with E-state index in [1.54, 1.807) is 13.0 Å². The van der Waals surface area contributed by atoms with Gasteiger partial charge in [-0.2, -0.15) is 5.10 Å². The lowest BCUT2D eigenvalue weighted by atomic mass is 9.95. The molecule has 0 atom stereocenters. The molecule has 1 saturated heterocycles. The SMILES string of the molecule is Cc1ccc(N2CCC(C(=O)Nc3ccc([N+](=O)[O-])cc3C)CC2)nn1. The van der Waals surface area contributed by atoms with Gasteiger partial charge in [0.15, 0.2) is 5.82 Å². The summed E-state index contributed by atoms with van der Waals surface area (Å²) in [6, 6.07) is 8.33. The summed E-state index contributed by atoms with van der Waals surface area (Å²) in [4.78, 5) is 25.0. The van der Waals surface area contributed by atoms with Gasteiger partial charge >= 0.3 is 0 Å². The summed E-state index contributed by atoms with van der Waals surface area (Å²) in [6.45, 7) is 5.14. The Morgan fingerprint density at radius 2 is 1.92 bits per heavy atom. The number of nitrogens with one attached hydrogen (secondary N) is 1. The number of carbonyl (C=O) groups is 1. The van der Waals surface area contributed by atoms with Crippen molar-refractivity contribution < 1.29 is 9.72 Å². The molecule has 1 aromatic carbocycles. The first-order chi connectivity index (χ1) is 12.4. The van der Waals surface area contributed by atoms with E-state index in [9.17, 15) is 14.9 Å². The summed E-state index contributed by atoms with van der Waals surface area (Å²) < 4.78 is 0. The van der Waals surface area contributed by atoms with Crippen LogP contribution in [0.5, 0.6) is 0 Å². The molecule has 1 amide bonds. The van der Waals surface area contributed by atoms with Crippen LogP contribution in [0.4, 0.5) is 17.2 Å². The molecule has 0 unspecified atom stereocenters. The minimum Gasteiger partial charge on any atom is -0.355 e. The van der Waals surface area contributed by atoms with Crippen molar-refractivity contribution in [3.8, 4) is 0 Å². The number of non-ortho nitro benzene ring substituents is 1. The zero-order valence-electron chi connectivity index (χ0n) is 14.8. The zero-order chi connectivity index (χ0) is 18.7. The maximum atomic E-state index is 12.5. The lowest BCUT2D eigenvalue weighted by molar-refractivity contribution is -0.384. The van der Waals surface area contributed by atoms with Crippen molar-refractivity contribution in [1.29, 1.82) is 0 Å². The molecule has 2 aromatic rings. The van der Waals surface area contributed by atoms with E-state index in [0.717, 1.165) is 37.4 Å². The quantitative estimate of drug-likeness (QED) is 0.668. The average Bonchev–Trinajstić information content (AvgIpc) is 2.64. The van der Waals surface area contributed by atoms with E-state index in [1.807, 2.05) is 19.1 Å². The van der Waals surface area contributed by atoms with Crippen molar-refractivity contribution >= 4 is 23.1 Å². The Hall–Kier alpha value is -3.03. The van der Waals surface area contributed by atoms with Gasteiger partial charge in [-0.3, -0.25) is 14.9 Å². The highest BCUT2D eigenvalue weighted by molar-refractivity contribution is 5.93. The Kier molecular flexibility index (Phi) is 5.11. The van der Waals surface area contributed by atoms with Gasteiger partial charge in [0.2, 0.25) is 5.91 Å². The van der Waals surface area contributed by atoms with E-state index in [4.69, 9.17) is 0 Å². The maximum absolute atomic E-state index is 12.5. The minimum atomic E-state index is -0.442. The van der Waals surface area contributed by atoms with Gasteiger partial charge in [0.05, 0.1) is 10.6 Å². The predicted molar refractivity (Wildman–Crippen MR) is 98.2 cm³/mol. The fraction of sp³-hybridized carbons (Fsp3) is 0.389. The van der Waals surface area contributed by atoms with E-state index in [1.165, 1.54) is 12.1 Å². The summed E-state index contributed by atoms with van der Waals surface area (Å²) >= 11 is 0. The molecule has 1 aliphatic heterocycles. The van der Waals surface area contributed by atoms with Gasteiger partial charge < -0.3 is 10.2 Å². The van der Waals surface area contributed by atoms with Crippen LogP contribution in [0, 0.1) is 29.9 Å². The Morgan fingerprint density at radius 1 is 1.19 bits per heavy atom. The Bertz CT molecular complexity index is 814. The van der Waals surface area contributed by atoms with E-state index >= 15 is 0 Å². The van der Waals surface area contributed by atoms with Crippen molar-refractivity contribution in [3.05, 3.63) is 51.7 Å². The van der Waals surface area contributed by atoms with Gasteiger partial charge in [-0.1, -0.05) is 0 Å². The van der Waals surface area contributed by atoms with Crippen LogP contribution in [0.1, 0.15) is 24.1 Å². The van der Waals surface area contributed by atoms with Crippen LogP contribution in [0.2, 0.25) is 0 Å². The monoisotopic (exact) mass is 355 g/mol. The summed E-state index contributed by atoms with van der Waals surface area (Å²) in [5, 5.41) is 22.0. The van der Waals surface area contributed by atoms with Crippen molar-refractivity contribution in [2.45, 2.75) is 26.7 Å². The van der Waals surface area contributed by atoms with E-state index in [-0.39, 0.29) is 17.5 Å². The number of rotatable bonds is 4. The molecule has 2 heterocycles. The lowest BCUT2D eigenvalue weighted by Crippen LogP contribution is -2.38. The fourth-order valence-electron chi connectivity index (χ4n) is 3.07. The maximum Gasteiger partial charge on any atom is 0.269 e. The molecule has 1 aromatic heterocycles. The molecule has 1 aliphatic rings. The lowest BCUT2D eigenvalue weighted by Gasteiger charge is -2.31. The number of nitrogens with zero attached hydrogens (tertiary/aromatic N) is 4. The molecular formula is C18H21N5O3. The number of aromatic nitrogens is 2. The summed E-state index contributed by atoms with van der Waals surface area (Å²) in [5.41, 5.74) is 2.20. The van der Waals surface area contributed by atoms with Gasteiger partial charge in [0.1, 0.15) is 0 Å². The van der Waals surface area contributed by atoms with Gasteiger partial charge in [0.25, 0.3) is 5.69 Å². The van der Waals surface area contributed by atoms with Gasteiger partial charge in [-0.15, -0.1) is 5.10 Å². The van der Waals surface area contributed by atoms with Crippen molar-refractivity contribution in [3.63, 3.8) is 0 Å². The summed E-state index contributed by atoms with van der Waals surface area (Å²) in [6.07, 6.45) is 1.46. The third-order valence-corrected chi connectivity index (χ3v) is 4.65. The number of aryl methyl sites for hydroxylation is 2. The second-order valence-corrected chi connectivity index (χ2v) is 6.54. The average molecular weight is 355 g/mol. The standard InChI is InChI=1S/C18H21N5O3/c1-12-11-15(23(25)26)4-5-16(12)19-18(24)14-7-9-22(10-8-14)17-6-3-13(2)20-21-17/h3-6,11,14H,7-10H2,1-2H3,(H,19,24).